The number of hydrogen-bond acceptors (Lipinski definition) is 6. The molecule has 4 atom stereocenters. The molecular formula is C17H21N5O3. The maximum Gasteiger partial charge on any atom is 0.274 e. The van der Waals surface area contributed by atoms with Gasteiger partial charge in [-0.1, -0.05) is 0 Å². The van der Waals surface area contributed by atoms with Crippen LogP contribution in [0.2, 0.25) is 0 Å². The molecule has 25 heavy (non-hydrogen) atoms. The highest BCUT2D eigenvalue weighted by molar-refractivity contribution is 5.92. The summed E-state index contributed by atoms with van der Waals surface area (Å²) in [5, 5.41) is 14.8. The van der Waals surface area contributed by atoms with Crippen molar-refractivity contribution in [2.75, 3.05) is 20.2 Å². The second-order valence-electron chi connectivity index (χ2n) is 6.77. The fourth-order valence-corrected chi connectivity index (χ4v) is 4.03. The predicted molar refractivity (Wildman–Crippen MR) is 88.0 cm³/mol. The molecular weight excluding hydrogens is 322 g/mol. The lowest BCUT2D eigenvalue weighted by Gasteiger charge is -2.35. The van der Waals surface area contributed by atoms with Gasteiger partial charge in [-0.2, -0.15) is 5.10 Å². The van der Waals surface area contributed by atoms with Gasteiger partial charge in [0.2, 0.25) is 5.88 Å². The van der Waals surface area contributed by atoms with Crippen LogP contribution in [0.1, 0.15) is 29.4 Å². The van der Waals surface area contributed by atoms with Gasteiger partial charge in [-0.05, 0) is 30.7 Å². The quantitative estimate of drug-likeness (QED) is 0.885. The predicted octanol–water partition coefficient (Wildman–Crippen LogP) is 0.766. The van der Waals surface area contributed by atoms with Gasteiger partial charge in [-0.3, -0.25) is 9.48 Å². The number of fused-ring (bicyclic) bond motifs is 1. The minimum absolute atomic E-state index is 0.0212. The Kier molecular flexibility index (Phi) is 4.12. The van der Waals surface area contributed by atoms with E-state index in [1.54, 1.807) is 6.20 Å². The van der Waals surface area contributed by atoms with Crippen LogP contribution in [-0.4, -0.2) is 62.0 Å². The first-order valence-electron chi connectivity index (χ1n) is 8.48. The molecule has 1 amide bonds. The molecule has 0 aromatic carbocycles. The number of hydrogen-bond donors (Lipinski definition) is 1. The average molecular weight is 343 g/mol. The van der Waals surface area contributed by atoms with Gasteiger partial charge in [0.1, 0.15) is 5.69 Å². The van der Waals surface area contributed by atoms with Crippen LogP contribution in [0.15, 0.2) is 30.9 Å². The molecule has 1 saturated carbocycles. The molecule has 0 bridgehead atoms. The van der Waals surface area contributed by atoms with Gasteiger partial charge in [0.15, 0.2) is 0 Å². The minimum atomic E-state index is -0.433. The Labute approximate surface area is 145 Å². The van der Waals surface area contributed by atoms with Gasteiger partial charge in [0.05, 0.1) is 31.6 Å². The van der Waals surface area contributed by atoms with Crippen LogP contribution in [-0.2, 0) is 0 Å². The summed E-state index contributed by atoms with van der Waals surface area (Å²) in [6, 6.07) is 1.85. The zero-order chi connectivity index (χ0) is 17.4. The summed E-state index contributed by atoms with van der Waals surface area (Å²) in [6.07, 6.45) is 7.60. The van der Waals surface area contributed by atoms with E-state index in [0.29, 0.717) is 42.9 Å². The Bertz CT molecular complexity index is 733. The second-order valence-corrected chi connectivity index (χ2v) is 6.77. The molecule has 0 spiro atoms. The highest BCUT2D eigenvalue weighted by Gasteiger charge is 2.44. The summed E-state index contributed by atoms with van der Waals surface area (Å²) < 4.78 is 6.81. The Morgan fingerprint density at radius 3 is 2.68 bits per heavy atom. The van der Waals surface area contributed by atoms with Gasteiger partial charge < -0.3 is 14.7 Å². The summed E-state index contributed by atoms with van der Waals surface area (Å²) in [7, 11) is 1.51. The first-order chi connectivity index (χ1) is 12.2. The monoisotopic (exact) mass is 343 g/mol. The maximum atomic E-state index is 12.7. The van der Waals surface area contributed by atoms with Gasteiger partial charge in [0, 0.05) is 25.5 Å². The normalized spacial score (nSPS) is 28.6. The van der Waals surface area contributed by atoms with E-state index < -0.39 is 6.10 Å². The molecule has 4 rings (SSSR count). The number of likely N-dealkylation sites (tertiary alicyclic amines) is 1. The molecule has 1 aliphatic carbocycles. The van der Waals surface area contributed by atoms with Crippen molar-refractivity contribution in [1.29, 1.82) is 0 Å². The number of aliphatic hydroxyl groups excluding tert-OH is 1. The zero-order valence-electron chi connectivity index (χ0n) is 14.0. The summed E-state index contributed by atoms with van der Waals surface area (Å²) in [4.78, 5) is 22.7. The number of ether oxygens (including phenoxy) is 1. The number of aromatic nitrogens is 4. The van der Waals surface area contributed by atoms with E-state index in [9.17, 15) is 9.90 Å². The number of aliphatic hydroxyl groups is 1. The van der Waals surface area contributed by atoms with E-state index >= 15 is 0 Å². The number of methoxy groups -OCH3 is 1. The minimum Gasteiger partial charge on any atom is -0.480 e. The SMILES string of the molecule is COc1cnc(C(=O)N2C[C@H]3C[C@@H](n4cccn4)[C@H](O)C[C@H]3C2)cn1. The van der Waals surface area contributed by atoms with Crippen molar-refractivity contribution < 1.29 is 14.6 Å². The molecule has 0 radical (unpaired) electrons. The van der Waals surface area contributed by atoms with E-state index in [1.165, 1.54) is 19.5 Å². The average Bonchev–Trinajstić information content (AvgIpc) is 3.29. The Morgan fingerprint density at radius 2 is 2.04 bits per heavy atom. The van der Waals surface area contributed by atoms with E-state index in [0.717, 1.165) is 6.42 Å². The highest BCUT2D eigenvalue weighted by atomic mass is 16.5. The van der Waals surface area contributed by atoms with Gasteiger partial charge in [-0.15, -0.1) is 0 Å². The van der Waals surface area contributed by atoms with Crippen molar-refractivity contribution in [3.05, 3.63) is 36.5 Å². The highest BCUT2D eigenvalue weighted by Crippen LogP contribution is 2.41. The molecule has 1 N–H and O–H groups in total. The molecule has 132 valence electrons. The largest absolute Gasteiger partial charge is 0.480 e. The summed E-state index contributed by atoms with van der Waals surface area (Å²) >= 11 is 0. The molecule has 2 aromatic rings. The van der Waals surface area contributed by atoms with Crippen molar-refractivity contribution in [3.8, 4) is 5.88 Å². The summed E-state index contributed by atoms with van der Waals surface area (Å²) in [5.74, 6) is 0.955. The third-order valence-electron chi connectivity index (χ3n) is 5.32. The fourth-order valence-electron chi connectivity index (χ4n) is 4.03. The van der Waals surface area contributed by atoms with Crippen molar-refractivity contribution in [2.45, 2.75) is 25.0 Å². The molecule has 0 unspecified atom stereocenters. The lowest BCUT2D eigenvalue weighted by Crippen LogP contribution is -2.36. The van der Waals surface area contributed by atoms with Crippen LogP contribution >= 0.6 is 0 Å². The van der Waals surface area contributed by atoms with Crippen molar-refractivity contribution >= 4 is 5.91 Å². The van der Waals surface area contributed by atoms with Crippen molar-refractivity contribution in [2.24, 2.45) is 11.8 Å². The van der Waals surface area contributed by atoms with Crippen LogP contribution in [0.5, 0.6) is 5.88 Å². The molecule has 1 aliphatic heterocycles. The van der Waals surface area contributed by atoms with Gasteiger partial charge >= 0.3 is 0 Å². The maximum absolute atomic E-state index is 12.7. The van der Waals surface area contributed by atoms with Crippen LogP contribution in [0.3, 0.4) is 0 Å². The van der Waals surface area contributed by atoms with Crippen LogP contribution < -0.4 is 4.74 Å². The lowest BCUT2D eigenvalue weighted by atomic mass is 9.77. The molecule has 2 aromatic heterocycles. The standard InChI is InChI=1S/C17H21N5O3/c1-25-16-8-18-13(7-19-16)17(24)21-9-11-5-14(22-4-2-3-20-22)15(23)6-12(11)10-21/h2-4,7-8,11-12,14-15,23H,5-6,9-10H2,1H3/t11-,12+,14-,15-/m1/s1. The Hall–Kier alpha value is -2.48. The number of amides is 1. The molecule has 1 saturated heterocycles. The Morgan fingerprint density at radius 1 is 1.24 bits per heavy atom. The number of carbonyl (C=O) groups excluding carboxylic acids is 1. The third kappa shape index (κ3) is 2.97. The fraction of sp³-hybridized carbons (Fsp3) is 0.529. The molecule has 2 aliphatic rings. The summed E-state index contributed by atoms with van der Waals surface area (Å²) in [6.45, 7) is 1.34. The van der Waals surface area contributed by atoms with E-state index in [2.05, 4.69) is 15.1 Å². The lowest BCUT2D eigenvalue weighted by molar-refractivity contribution is 0.0306. The number of carbonyl (C=O) groups is 1. The van der Waals surface area contributed by atoms with Crippen LogP contribution in [0, 0.1) is 11.8 Å². The number of nitrogens with zero attached hydrogens (tertiary/aromatic N) is 5. The molecule has 8 nitrogen and oxygen atoms in total. The van der Waals surface area contributed by atoms with E-state index in [-0.39, 0.29) is 11.9 Å². The van der Waals surface area contributed by atoms with Gasteiger partial charge in [0.25, 0.3) is 5.91 Å². The van der Waals surface area contributed by atoms with Crippen LogP contribution in [0.25, 0.3) is 0 Å². The van der Waals surface area contributed by atoms with E-state index in [4.69, 9.17) is 4.74 Å². The first kappa shape index (κ1) is 16.0. The topological polar surface area (TPSA) is 93.4 Å². The molecule has 3 heterocycles. The molecule has 2 fully saturated rings. The Balaban J connectivity index is 1.46. The van der Waals surface area contributed by atoms with Gasteiger partial charge in [-0.25, -0.2) is 9.97 Å². The number of rotatable bonds is 3. The van der Waals surface area contributed by atoms with E-state index in [1.807, 2.05) is 21.8 Å². The zero-order valence-corrected chi connectivity index (χ0v) is 14.0. The smallest absolute Gasteiger partial charge is 0.274 e. The van der Waals surface area contributed by atoms with Crippen LogP contribution in [0.4, 0.5) is 0 Å². The summed E-state index contributed by atoms with van der Waals surface area (Å²) in [5.41, 5.74) is 0.323. The first-order valence-corrected chi connectivity index (χ1v) is 8.48. The van der Waals surface area contributed by atoms with Crippen molar-refractivity contribution in [1.82, 2.24) is 24.6 Å². The van der Waals surface area contributed by atoms with Crippen molar-refractivity contribution in [3.63, 3.8) is 0 Å². The third-order valence-corrected chi connectivity index (χ3v) is 5.32. The second kappa shape index (κ2) is 6.44. The molecule has 8 heteroatoms.